The summed E-state index contributed by atoms with van der Waals surface area (Å²) in [5.74, 6) is -0.0899. The lowest BCUT2D eigenvalue weighted by atomic mass is 9.83. The summed E-state index contributed by atoms with van der Waals surface area (Å²) in [6.07, 6.45) is 1.99. The number of benzene rings is 1. The number of likely N-dealkylation sites (tertiary alicyclic amines) is 1. The van der Waals surface area contributed by atoms with E-state index in [1.54, 1.807) is 12.1 Å². The summed E-state index contributed by atoms with van der Waals surface area (Å²) in [6.45, 7) is 8.24. The van der Waals surface area contributed by atoms with Crippen molar-refractivity contribution >= 4 is 5.91 Å². The Labute approximate surface area is 144 Å². The molecule has 1 heterocycles. The van der Waals surface area contributed by atoms with Crippen LogP contribution >= 0.6 is 0 Å². The van der Waals surface area contributed by atoms with E-state index in [4.69, 9.17) is 0 Å². The van der Waals surface area contributed by atoms with Crippen molar-refractivity contribution in [3.05, 3.63) is 35.6 Å². The van der Waals surface area contributed by atoms with Crippen LogP contribution in [0.25, 0.3) is 0 Å². The number of rotatable bonds is 6. The van der Waals surface area contributed by atoms with E-state index in [9.17, 15) is 14.3 Å². The zero-order chi connectivity index (χ0) is 17.7. The van der Waals surface area contributed by atoms with Crippen LogP contribution in [0, 0.1) is 17.2 Å². The van der Waals surface area contributed by atoms with Gasteiger partial charge in [-0.2, -0.15) is 0 Å². The highest BCUT2D eigenvalue weighted by atomic mass is 19.1. The Kier molecular flexibility index (Phi) is 6.35. The summed E-state index contributed by atoms with van der Waals surface area (Å²) in [7, 11) is 0. The average molecular weight is 336 g/mol. The monoisotopic (exact) mass is 336 g/mol. The normalized spacial score (nSPS) is 23.2. The van der Waals surface area contributed by atoms with E-state index in [2.05, 4.69) is 17.1 Å². The standard InChI is InChI=1S/C19H29FN2O2/c1-14(2)18(15-5-7-16(20)8-6-15)21-17(24)11-22-10-4-9-19(3,12-22)13-23/h5-8,14,18,23H,4,9-13H2,1-3H3,(H,21,24). The number of halogens is 1. The molecule has 1 fully saturated rings. The zero-order valence-corrected chi connectivity index (χ0v) is 14.9. The average Bonchev–Trinajstić information content (AvgIpc) is 2.53. The van der Waals surface area contributed by atoms with Gasteiger partial charge in [-0.25, -0.2) is 4.39 Å². The van der Waals surface area contributed by atoms with Crippen molar-refractivity contribution in [2.75, 3.05) is 26.2 Å². The molecular weight excluding hydrogens is 307 g/mol. The van der Waals surface area contributed by atoms with Gasteiger partial charge in [0.1, 0.15) is 5.82 Å². The fourth-order valence-electron chi connectivity index (χ4n) is 3.42. The summed E-state index contributed by atoms with van der Waals surface area (Å²) in [6, 6.07) is 6.17. The summed E-state index contributed by atoms with van der Waals surface area (Å²) in [5.41, 5.74) is 0.797. The first-order valence-electron chi connectivity index (χ1n) is 8.71. The van der Waals surface area contributed by atoms with Crippen LogP contribution in [-0.2, 0) is 4.79 Å². The van der Waals surface area contributed by atoms with Crippen molar-refractivity contribution in [2.45, 2.75) is 39.7 Å². The smallest absolute Gasteiger partial charge is 0.234 e. The number of aliphatic hydroxyl groups excluding tert-OH is 1. The number of nitrogens with zero attached hydrogens (tertiary/aromatic N) is 1. The number of carbonyl (C=O) groups excluding carboxylic acids is 1. The van der Waals surface area contributed by atoms with Crippen LogP contribution in [0.2, 0.25) is 0 Å². The first-order chi connectivity index (χ1) is 11.3. The maximum Gasteiger partial charge on any atom is 0.234 e. The van der Waals surface area contributed by atoms with Crippen molar-refractivity contribution < 1.29 is 14.3 Å². The largest absolute Gasteiger partial charge is 0.396 e. The lowest BCUT2D eigenvalue weighted by molar-refractivity contribution is -0.124. The molecule has 1 saturated heterocycles. The molecule has 1 amide bonds. The van der Waals surface area contributed by atoms with E-state index in [0.717, 1.165) is 31.5 Å². The van der Waals surface area contributed by atoms with E-state index in [1.807, 2.05) is 13.8 Å². The van der Waals surface area contributed by atoms with Gasteiger partial charge in [-0.1, -0.05) is 32.9 Å². The van der Waals surface area contributed by atoms with Gasteiger partial charge in [0, 0.05) is 18.6 Å². The van der Waals surface area contributed by atoms with E-state index >= 15 is 0 Å². The fraction of sp³-hybridized carbons (Fsp3) is 0.632. The molecule has 0 radical (unpaired) electrons. The Hall–Kier alpha value is -1.46. The second kappa shape index (κ2) is 8.08. The minimum atomic E-state index is -0.274. The summed E-state index contributed by atoms with van der Waals surface area (Å²) >= 11 is 0. The molecule has 2 N–H and O–H groups in total. The molecule has 2 rings (SSSR count). The molecule has 0 aliphatic carbocycles. The second-order valence-electron chi connectivity index (χ2n) is 7.62. The predicted octanol–water partition coefficient (Wildman–Crippen LogP) is 2.73. The van der Waals surface area contributed by atoms with Crippen LogP contribution in [-0.4, -0.2) is 42.2 Å². The third-order valence-electron chi connectivity index (χ3n) is 4.82. The van der Waals surface area contributed by atoms with Gasteiger partial charge >= 0.3 is 0 Å². The Morgan fingerprint density at radius 2 is 2.04 bits per heavy atom. The molecule has 2 unspecified atom stereocenters. The van der Waals surface area contributed by atoms with Crippen molar-refractivity contribution in [1.82, 2.24) is 10.2 Å². The molecule has 0 bridgehead atoms. The minimum absolute atomic E-state index is 0.0276. The lowest BCUT2D eigenvalue weighted by Gasteiger charge is -2.39. The highest BCUT2D eigenvalue weighted by molar-refractivity contribution is 5.78. The number of amides is 1. The van der Waals surface area contributed by atoms with Crippen LogP contribution < -0.4 is 5.32 Å². The fourth-order valence-corrected chi connectivity index (χ4v) is 3.42. The molecule has 1 aromatic rings. The number of aliphatic hydroxyl groups is 1. The van der Waals surface area contributed by atoms with Gasteiger partial charge < -0.3 is 10.4 Å². The Bertz CT molecular complexity index is 547. The van der Waals surface area contributed by atoms with E-state index in [-0.39, 0.29) is 35.7 Å². The van der Waals surface area contributed by atoms with Crippen molar-refractivity contribution in [1.29, 1.82) is 0 Å². The number of piperidine rings is 1. The van der Waals surface area contributed by atoms with E-state index < -0.39 is 0 Å². The molecule has 4 nitrogen and oxygen atoms in total. The van der Waals surface area contributed by atoms with Crippen LogP contribution in [0.5, 0.6) is 0 Å². The number of nitrogens with one attached hydrogen (secondary N) is 1. The molecule has 0 aromatic heterocycles. The van der Waals surface area contributed by atoms with Gasteiger partial charge in [0.15, 0.2) is 0 Å². The van der Waals surface area contributed by atoms with Gasteiger partial charge in [0.25, 0.3) is 0 Å². The number of hydrogen-bond acceptors (Lipinski definition) is 3. The third kappa shape index (κ3) is 5.02. The van der Waals surface area contributed by atoms with Crippen LogP contribution in [0.1, 0.15) is 45.2 Å². The quantitative estimate of drug-likeness (QED) is 0.840. The van der Waals surface area contributed by atoms with Gasteiger partial charge in [-0.15, -0.1) is 0 Å². The van der Waals surface area contributed by atoms with Gasteiger partial charge in [-0.3, -0.25) is 9.69 Å². The van der Waals surface area contributed by atoms with Crippen molar-refractivity contribution in [3.8, 4) is 0 Å². The molecule has 134 valence electrons. The van der Waals surface area contributed by atoms with Crippen LogP contribution in [0.3, 0.4) is 0 Å². The first-order valence-corrected chi connectivity index (χ1v) is 8.71. The Morgan fingerprint density at radius 3 is 2.62 bits per heavy atom. The highest BCUT2D eigenvalue weighted by Gasteiger charge is 2.31. The zero-order valence-electron chi connectivity index (χ0n) is 14.9. The van der Waals surface area contributed by atoms with E-state index in [1.165, 1.54) is 12.1 Å². The lowest BCUT2D eigenvalue weighted by Crippen LogP contribution is -2.48. The van der Waals surface area contributed by atoms with Crippen LogP contribution in [0.4, 0.5) is 4.39 Å². The van der Waals surface area contributed by atoms with Gasteiger partial charge in [-0.05, 0) is 43.0 Å². The predicted molar refractivity (Wildman–Crippen MR) is 93.0 cm³/mol. The molecular formula is C19H29FN2O2. The molecule has 1 aliphatic rings. The van der Waals surface area contributed by atoms with E-state index in [0.29, 0.717) is 6.54 Å². The molecule has 0 spiro atoms. The Morgan fingerprint density at radius 1 is 1.38 bits per heavy atom. The number of hydrogen-bond donors (Lipinski definition) is 2. The molecule has 0 saturated carbocycles. The van der Waals surface area contributed by atoms with Crippen molar-refractivity contribution in [2.24, 2.45) is 11.3 Å². The van der Waals surface area contributed by atoms with Gasteiger partial charge in [0.05, 0.1) is 12.6 Å². The molecule has 5 heteroatoms. The first kappa shape index (κ1) is 18.9. The SMILES string of the molecule is CC(C)C(NC(=O)CN1CCCC(C)(CO)C1)c1ccc(F)cc1. The molecule has 1 aromatic carbocycles. The third-order valence-corrected chi connectivity index (χ3v) is 4.82. The topological polar surface area (TPSA) is 52.6 Å². The molecule has 1 aliphatic heterocycles. The van der Waals surface area contributed by atoms with Crippen molar-refractivity contribution in [3.63, 3.8) is 0 Å². The highest BCUT2D eigenvalue weighted by Crippen LogP contribution is 2.28. The maximum absolute atomic E-state index is 13.1. The molecule has 24 heavy (non-hydrogen) atoms. The number of carbonyl (C=O) groups is 1. The summed E-state index contributed by atoms with van der Waals surface area (Å²) in [5, 5.41) is 12.6. The summed E-state index contributed by atoms with van der Waals surface area (Å²) < 4.78 is 13.1. The molecule has 2 atom stereocenters. The summed E-state index contributed by atoms with van der Waals surface area (Å²) in [4.78, 5) is 14.6. The Balaban J connectivity index is 1.97. The van der Waals surface area contributed by atoms with Gasteiger partial charge in [0.2, 0.25) is 5.91 Å². The second-order valence-corrected chi connectivity index (χ2v) is 7.62. The maximum atomic E-state index is 13.1. The minimum Gasteiger partial charge on any atom is -0.396 e. The van der Waals surface area contributed by atoms with Crippen LogP contribution in [0.15, 0.2) is 24.3 Å².